The van der Waals surface area contributed by atoms with Crippen molar-refractivity contribution >= 4 is 29.3 Å². The van der Waals surface area contributed by atoms with E-state index in [2.05, 4.69) is 0 Å². The van der Waals surface area contributed by atoms with Gasteiger partial charge in [0.15, 0.2) is 5.78 Å². The summed E-state index contributed by atoms with van der Waals surface area (Å²) in [6.45, 7) is 0. The molecule has 0 aliphatic carbocycles. The van der Waals surface area contributed by atoms with Crippen LogP contribution >= 0.6 is 23.5 Å². The molecule has 1 atom stereocenters. The fourth-order valence-corrected chi connectivity index (χ4v) is 4.02. The summed E-state index contributed by atoms with van der Waals surface area (Å²) in [7, 11) is 0. The molecule has 0 saturated carbocycles. The zero-order valence-electron chi connectivity index (χ0n) is 7.77. The first-order chi connectivity index (χ1) is 6.86. The Morgan fingerprint density at radius 1 is 1.57 bits per heavy atom. The largest absolute Gasteiger partial charge is 0.469 e. The van der Waals surface area contributed by atoms with Crippen LogP contribution in [0.15, 0.2) is 22.8 Å². The number of Topliss-reactive ketones (excluding diaryl/α,β-unsaturated/α-hetero) is 1. The Balaban J connectivity index is 1.88. The summed E-state index contributed by atoms with van der Waals surface area (Å²) in [4.78, 5) is 11.8. The van der Waals surface area contributed by atoms with E-state index in [1.165, 1.54) is 5.75 Å². The Morgan fingerprint density at radius 3 is 3.14 bits per heavy atom. The summed E-state index contributed by atoms with van der Waals surface area (Å²) in [5, 5.41) is 0.179. The molecule has 1 saturated heterocycles. The molecule has 0 spiro atoms. The average Bonchev–Trinajstić information content (AvgIpc) is 2.72. The second-order valence-corrected chi connectivity index (χ2v) is 5.62. The van der Waals surface area contributed by atoms with Crippen LogP contribution in [0.2, 0.25) is 0 Å². The quantitative estimate of drug-likeness (QED) is 0.793. The maximum Gasteiger partial charge on any atom is 0.154 e. The number of rotatable bonds is 3. The number of carbonyl (C=O) groups is 1. The zero-order chi connectivity index (χ0) is 9.80. The molecule has 1 aliphatic rings. The van der Waals surface area contributed by atoms with E-state index >= 15 is 0 Å². The lowest BCUT2D eigenvalue weighted by molar-refractivity contribution is -0.117. The summed E-state index contributed by atoms with van der Waals surface area (Å²) in [6, 6.07) is 3.68. The molecule has 0 amide bonds. The van der Waals surface area contributed by atoms with Crippen molar-refractivity contribution in [1.29, 1.82) is 0 Å². The van der Waals surface area contributed by atoms with Crippen molar-refractivity contribution in [1.82, 2.24) is 0 Å². The summed E-state index contributed by atoms with van der Waals surface area (Å²) < 4.78 is 5.16. The van der Waals surface area contributed by atoms with E-state index in [-0.39, 0.29) is 5.25 Å². The third-order valence-corrected chi connectivity index (χ3v) is 4.91. The lowest BCUT2D eigenvalue weighted by atomic mass is 10.2. The maximum atomic E-state index is 11.8. The van der Waals surface area contributed by atoms with Crippen molar-refractivity contribution in [3.05, 3.63) is 24.2 Å². The Kier molecular flexibility index (Phi) is 3.59. The highest BCUT2D eigenvalue weighted by molar-refractivity contribution is 8.07. The van der Waals surface area contributed by atoms with E-state index in [0.29, 0.717) is 12.2 Å². The molecule has 0 N–H and O–H groups in total. The van der Waals surface area contributed by atoms with Crippen LogP contribution in [0.25, 0.3) is 0 Å². The van der Waals surface area contributed by atoms with E-state index in [4.69, 9.17) is 4.42 Å². The molecule has 0 radical (unpaired) electrons. The Morgan fingerprint density at radius 2 is 2.50 bits per heavy atom. The number of ketones is 1. The van der Waals surface area contributed by atoms with Gasteiger partial charge in [-0.1, -0.05) is 0 Å². The normalized spacial score (nSPS) is 22.1. The average molecular weight is 228 g/mol. The number of carbonyl (C=O) groups excluding carboxylic acids is 1. The standard InChI is InChI=1S/C10H12O2S2/c11-9(6-8-2-1-3-12-8)10-7-13-4-5-14-10/h1-3,10H,4-7H2. The molecule has 14 heavy (non-hydrogen) atoms. The second-order valence-electron chi connectivity index (χ2n) is 3.16. The molecule has 4 heteroatoms. The molecule has 1 fully saturated rings. The molecular formula is C10H12O2S2. The Hall–Kier alpha value is -0.350. The van der Waals surface area contributed by atoms with Crippen LogP contribution in [0.5, 0.6) is 0 Å². The highest BCUT2D eigenvalue weighted by Crippen LogP contribution is 2.25. The Bertz CT molecular complexity index is 289. The summed E-state index contributed by atoms with van der Waals surface area (Å²) in [5.74, 6) is 4.32. The van der Waals surface area contributed by atoms with Crippen LogP contribution in [0.1, 0.15) is 5.76 Å². The minimum absolute atomic E-state index is 0.179. The monoisotopic (exact) mass is 228 g/mol. The van der Waals surface area contributed by atoms with Gasteiger partial charge in [0.2, 0.25) is 0 Å². The van der Waals surface area contributed by atoms with Gasteiger partial charge in [0.05, 0.1) is 17.9 Å². The van der Waals surface area contributed by atoms with Gasteiger partial charge in [0.1, 0.15) is 5.76 Å². The van der Waals surface area contributed by atoms with Gasteiger partial charge in [-0.3, -0.25) is 4.79 Å². The van der Waals surface area contributed by atoms with Crippen LogP contribution in [-0.4, -0.2) is 28.3 Å². The predicted molar refractivity (Wildman–Crippen MR) is 61.0 cm³/mol. The number of thioether (sulfide) groups is 2. The van der Waals surface area contributed by atoms with Gasteiger partial charge in [-0.25, -0.2) is 0 Å². The summed E-state index contributed by atoms with van der Waals surface area (Å²) in [6.07, 6.45) is 2.07. The van der Waals surface area contributed by atoms with E-state index < -0.39 is 0 Å². The van der Waals surface area contributed by atoms with Crippen LogP contribution in [0.3, 0.4) is 0 Å². The molecular weight excluding hydrogens is 216 g/mol. The van der Waals surface area contributed by atoms with Gasteiger partial charge in [-0.2, -0.15) is 11.8 Å². The summed E-state index contributed by atoms with van der Waals surface area (Å²) >= 11 is 3.65. The van der Waals surface area contributed by atoms with E-state index in [9.17, 15) is 4.79 Å². The zero-order valence-corrected chi connectivity index (χ0v) is 9.40. The van der Waals surface area contributed by atoms with Gasteiger partial charge < -0.3 is 4.42 Å². The highest BCUT2D eigenvalue weighted by Gasteiger charge is 2.22. The SMILES string of the molecule is O=C(Cc1ccco1)C1CSCCS1. The third-order valence-electron chi connectivity index (χ3n) is 2.10. The topological polar surface area (TPSA) is 30.2 Å². The Labute approximate surface area is 91.8 Å². The van der Waals surface area contributed by atoms with Gasteiger partial charge in [0.25, 0.3) is 0 Å². The van der Waals surface area contributed by atoms with Gasteiger partial charge >= 0.3 is 0 Å². The van der Waals surface area contributed by atoms with Crippen molar-refractivity contribution in [3.8, 4) is 0 Å². The first-order valence-corrected chi connectivity index (χ1v) is 6.81. The first-order valence-electron chi connectivity index (χ1n) is 4.61. The minimum atomic E-state index is 0.179. The fraction of sp³-hybridized carbons (Fsp3) is 0.500. The smallest absolute Gasteiger partial charge is 0.154 e. The van der Waals surface area contributed by atoms with Crippen LogP contribution in [-0.2, 0) is 11.2 Å². The van der Waals surface area contributed by atoms with Crippen molar-refractivity contribution in [2.75, 3.05) is 17.3 Å². The lowest BCUT2D eigenvalue weighted by Crippen LogP contribution is -2.25. The first kappa shape index (κ1) is 10.2. The third kappa shape index (κ3) is 2.58. The second kappa shape index (κ2) is 4.94. The molecule has 2 nitrogen and oxygen atoms in total. The molecule has 2 heterocycles. The van der Waals surface area contributed by atoms with Crippen LogP contribution < -0.4 is 0 Å². The molecule has 1 aliphatic heterocycles. The van der Waals surface area contributed by atoms with Crippen molar-refractivity contribution < 1.29 is 9.21 Å². The molecule has 2 rings (SSSR count). The lowest BCUT2D eigenvalue weighted by Gasteiger charge is -2.18. The maximum absolute atomic E-state index is 11.8. The number of furan rings is 1. The van der Waals surface area contributed by atoms with Gasteiger partial charge in [-0.15, -0.1) is 11.8 Å². The molecule has 1 aromatic rings. The van der Waals surface area contributed by atoms with E-state index in [1.54, 1.807) is 18.0 Å². The molecule has 1 aromatic heterocycles. The van der Waals surface area contributed by atoms with Crippen molar-refractivity contribution in [3.63, 3.8) is 0 Å². The van der Waals surface area contributed by atoms with E-state index in [0.717, 1.165) is 17.3 Å². The van der Waals surface area contributed by atoms with Crippen molar-refractivity contribution in [2.24, 2.45) is 0 Å². The summed E-state index contributed by atoms with van der Waals surface area (Å²) in [5.41, 5.74) is 0. The van der Waals surface area contributed by atoms with Crippen LogP contribution in [0, 0.1) is 0 Å². The van der Waals surface area contributed by atoms with Gasteiger partial charge in [-0.05, 0) is 12.1 Å². The van der Waals surface area contributed by atoms with E-state index in [1.807, 2.05) is 23.9 Å². The van der Waals surface area contributed by atoms with Crippen LogP contribution in [0.4, 0.5) is 0 Å². The fourth-order valence-electron chi connectivity index (χ4n) is 1.37. The minimum Gasteiger partial charge on any atom is -0.469 e. The highest BCUT2D eigenvalue weighted by atomic mass is 32.2. The predicted octanol–water partition coefficient (Wildman–Crippen LogP) is 2.24. The molecule has 0 aromatic carbocycles. The van der Waals surface area contributed by atoms with Gasteiger partial charge in [0, 0.05) is 17.3 Å². The molecule has 0 bridgehead atoms. The number of hydrogen-bond acceptors (Lipinski definition) is 4. The molecule has 1 unspecified atom stereocenters. The molecule has 76 valence electrons. The number of hydrogen-bond donors (Lipinski definition) is 0. The van der Waals surface area contributed by atoms with Crippen molar-refractivity contribution in [2.45, 2.75) is 11.7 Å².